The highest BCUT2D eigenvalue weighted by Gasteiger charge is 2.37. The van der Waals surface area contributed by atoms with Gasteiger partial charge in [-0.1, -0.05) is 23.9 Å². The molecule has 1 amide bonds. The van der Waals surface area contributed by atoms with Crippen LogP contribution in [0.3, 0.4) is 0 Å². The van der Waals surface area contributed by atoms with Crippen LogP contribution in [-0.4, -0.2) is 47.8 Å². The van der Waals surface area contributed by atoms with Crippen molar-refractivity contribution in [3.63, 3.8) is 0 Å². The summed E-state index contributed by atoms with van der Waals surface area (Å²) in [5.74, 6) is -0.848. The van der Waals surface area contributed by atoms with Crippen LogP contribution in [-0.2, 0) is 17.1 Å². The van der Waals surface area contributed by atoms with E-state index in [-0.39, 0.29) is 17.6 Å². The Balaban J connectivity index is 1.36. The fourth-order valence-electron chi connectivity index (χ4n) is 3.83. The molecule has 0 unspecified atom stereocenters. The van der Waals surface area contributed by atoms with Gasteiger partial charge in [0.2, 0.25) is 5.91 Å². The molecule has 1 saturated heterocycles. The molecule has 202 valence electrons. The monoisotopic (exact) mass is 559 g/mol. The number of halogens is 7. The van der Waals surface area contributed by atoms with Gasteiger partial charge in [0.15, 0.2) is 0 Å². The number of alkyl halides is 6. The van der Waals surface area contributed by atoms with E-state index in [0.29, 0.717) is 54.8 Å². The van der Waals surface area contributed by atoms with E-state index in [1.54, 1.807) is 24.3 Å². The molecular weight excluding hydrogens is 539 g/mol. The van der Waals surface area contributed by atoms with E-state index in [2.05, 4.69) is 15.3 Å². The predicted octanol–water partition coefficient (Wildman–Crippen LogP) is 5.71. The van der Waals surface area contributed by atoms with Crippen LogP contribution >= 0.6 is 11.8 Å². The molecule has 2 heterocycles. The molecule has 6 nitrogen and oxygen atoms in total. The van der Waals surface area contributed by atoms with Gasteiger partial charge in [-0.2, -0.15) is 26.3 Å². The van der Waals surface area contributed by atoms with Crippen LogP contribution in [0.1, 0.15) is 11.1 Å². The summed E-state index contributed by atoms with van der Waals surface area (Å²) in [7, 11) is 0. The highest BCUT2D eigenvalue weighted by atomic mass is 32.2. The molecule has 3 aromatic rings. The summed E-state index contributed by atoms with van der Waals surface area (Å²) in [6, 6.07) is 8.99. The van der Waals surface area contributed by atoms with Gasteiger partial charge in [-0.15, -0.1) is 0 Å². The second-order valence-electron chi connectivity index (χ2n) is 8.27. The number of amides is 1. The molecule has 1 aromatic heterocycles. The van der Waals surface area contributed by atoms with Crippen LogP contribution in [0.25, 0.3) is 0 Å². The highest BCUT2D eigenvalue weighted by Crippen LogP contribution is 2.37. The molecule has 4 rings (SSSR count). The number of benzene rings is 2. The average molecular weight is 560 g/mol. The molecule has 1 fully saturated rings. The number of hydrogen-bond acceptors (Lipinski definition) is 6. The van der Waals surface area contributed by atoms with Crippen LogP contribution in [0.15, 0.2) is 59.9 Å². The van der Waals surface area contributed by atoms with E-state index in [1.807, 2.05) is 9.80 Å². The highest BCUT2D eigenvalue weighted by molar-refractivity contribution is 7.99. The van der Waals surface area contributed by atoms with Gasteiger partial charge in [0.1, 0.15) is 23.0 Å². The summed E-state index contributed by atoms with van der Waals surface area (Å²) in [4.78, 5) is 24.5. The number of rotatable bonds is 6. The third-order valence-corrected chi connectivity index (χ3v) is 6.57. The number of para-hydroxylation sites is 1. The maximum absolute atomic E-state index is 14.1. The molecule has 0 aliphatic carbocycles. The Morgan fingerprint density at radius 1 is 0.868 bits per heavy atom. The Kier molecular flexibility index (Phi) is 7.99. The summed E-state index contributed by atoms with van der Waals surface area (Å²) in [6.45, 7) is 2.19. The van der Waals surface area contributed by atoms with E-state index >= 15 is 0 Å². The first-order valence-electron chi connectivity index (χ1n) is 11.2. The van der Waals surface area contributed by atoms with Crippen molar-refractivity contribution in [2.24, 2.45) is 0 Å². The van der Waals surface area contributed by atoms with Crippen LogP contribution in [0.2, 0.25) is 0 Å². The van der Waals surface area contributed by atoms with Crippen LogP contribution in [0.4, 0.5) is 47.9 Å². The predicted molar refractivity (Wildman–Crippen MR) is 129 cm³/mol. The van der Waals surface area contributed by atoms with Crippen molar-refractivity contribution >= 4 is 34.9 Å². The molecule has 0 bridgehead atoms. The van der Waals surface area contributed by atoms with Crippen LogP contribution < -0.4 is 15.1 Å². The lowest BCUT2D eigenvalue weighted by molar-refractivity contribution is -0.143. The molecule has 1 N–H and O–H groups in total. The zero-order chi connectivity index (χ0) is 27.5. The van der Waals surface area contributed by atoms with Crippen molar-refractivity contribution in [1.82, 2.24) is 9.97 Å². The maximum Gasteiger partial charge on any atom is 0.416 e. The Morgan fingerprint density at radius 2 is 1.47 bits per heavy atom. The van der Waals surface area contributed by atoms with E-state index in [9.17, 15) is 35.5 Å². The van der Waals surface area contributed by atoms with Crippen molar-refractivity contribution in [3.05, 3.63) is 71.8 Å². The Bertz CT molecular complexity index is 1260. The summed E-state index contributed by atoms with van der Waals surface area (Å²) in [5, 5.41) is 2.48. The minimum atomic E-state index is -5.02. The van der Waals surface area contributed by atoms with Crippen molar-refractivity contribution in [1.29, 1.82) is 0 Å². The Morgan fingerprint density at radius 3 is 2.08 bits per heavy atom. The van der Waals surface area contributed by atoms with Gasteiger partial charge in [0.05, 0.1) is 22.6 Å². The fraction of sp³-hybridized carbons (Fsp3) is 0.292. The molecular formula is C24H20F7N5OS. The van der Waals surface area contributed by atoms with Gasteiger partial charge in [0, 0.05) is 37.9 Å². The fourth-order valence-corrected chi connectivity index (χ4v) is 4.49. The first kappa shape index (κ1) is 27.5. The number of thioether (sulfide) groups is 1. The number of nitrogens with one attached hydrogen (secondary N) is 1. The molecule has 1 aliphatic rings. The summed E-state index contributed by atoms with van der Waals surface area (Å²) in [6.07, 6.45) is -8.75. The lowest BCUT2D eigenvalue weighted by atomic mass is 10.1. The summed E-state index contributed by atoms with van der Waals surface area (Å²) in [5.41, 5.74) is -3.15. The lowest BCUT2D eigenvalue weighted by Gasteiger charge is -2.36. The third kappa shape index (κ3) is 6.85. The van der Waals surface area contributed by atoms with Crippen molar-refractivity contribution in [2.45, 2.75) is 17.4 Å². The smallest absolute Gasteiger partial charge is 0.366 e. The lowest BCUT2D eigenvalue weighted by Crippen LogP contribution is -2.47. The first-order valence-corrected chi connectivity index (χ1v) is 12.2. The number of nitrogens with zero attached hydrogens (tertiary/aromatic N) is 4. The molecule has 0 radical (unpaired) electrons. The third-order valence-electron chi connectivity index (χ3n) is 5.65. The van der Waals surface area contributed by atoms with Gasteiger partial charge < -0.3 is 15.1 Å². The van der Waals surface area contributed by atoms with Crippen molar-refractivity contribution in [3.8, 4) is 0 Å². The number of piperazine rings is 1. The van der Waals surface area contributed by atoms with E-state index in [4.69, 9.17) is 0 Å². The first-order chi connectivity index (χ1) is 17.9. The largest absolute Gasteiger partial charge is 0.416 e. The molecule has 0 spiro atoms. The van der Waals surface area contributed by atoms with Gasteiger partial charge in [-0.05, 0) is 30.3 Å². The Labute approximate surface area is 216 Å². The molecule has 0 saturated carbocycles. The molecule has 1 aliphatic heterocycles. The topological polar surface area (TPSA) is 61.4 Å². The quantitative estimate of drug-likeness (QED) is 0.237. The van der Waals surface area contributed by atoms with Gasteiger partial charge >= 0.3 is 12.4 Å². The van der Waals surface area contributed by atoms with Gasteiger partial charge in [-0.25, -0.2) is 14.4 Å². The normalized spacial score (nSPS) is 14.5. The molecule has 0 atom stereocenters. The SMILES string of the molecule is O=C(CSc1cc(N2CCN(c3ccccc3F)CC2)ncn1)Nc1cc(C(F)(F)F)cc(C(F)(F)F)c1. The maximum atomic E-state index is 14.1. The molecule has 2 aromatic carbocycles. The van der Waals surface area contributed by atoms with Crippen molar-refractivity contribution in [2.75, 3.05) is 47.0 Å². The minimum absolute atomic E-state index is 0.0109. The van der Waals surface area contributed by atoms with Crippen LogP contribution in [0.5, 0.6) is 0 Å². The van der Waals surface area contributed by atoms with Gasteiger partial charge in [0.25, 0.3) is 0 Å². The number of aromatic nitrogens is 2. The van der Waals surface area contributed by atoms with Gasteiger partial charge in [-0.3, -0.25) is 4.79 Å². The summed E-state index contributed by atoms with van der Waals surface area (Å²) >= 11 is 0.951. The standard InChI is InChI=1S/C24H20F7N5OS/c25-18-3-1-2-4-19(18)35-5-7-36(8-6-35)20-12-22(33-14-32-20)38-13-21(37)34-17-10-15(23(26,27)28)9-16(11-17)24(29,30)31/h1-4,9-12,14H,5-8,13H2,(H,34,37). The number of hydrogen-bond donors (Lipinski definition) is 1. The van der Waals surface area contributed by atoms with Crippen molar-refractivity contribution < 1.29 is 35.5 Å². The second-order valence-corrected chi connectivity index (χ2v) is 9.27. The number of anilines is 3. The number of carbonyl (C=O) groups excluding carboxylic acids is 1. The zero-order valence-corrected chi connectivity index (χ0v) is 20.3. The summed E-state index contributed by atoms with van der Waals surface area (Å²) < 4.78 is 92.3. The molecule has 14 heteroatoms. The average Bonchev–Trinajstić information content (AvgIpc) is 2.87. The molecule has 38 heavy (non-hydrogen) atoms. The number of carbonyl (C=O) groups is 1. The van der Waals surface area contributed by atoms with E-state index in [1.165, 1.54) is 12.4 Å². The minimum Gasteiger partial charge on any atom is -0.366 e. The second kappa shape index (κ2) is 11.1. The van der Waals surface area contributed by atoms with E-state index in [0.717, 1.165) is 11.8 Å². The Hall–Kier alpha value is -3.55. The van der Waals surface area contributed by atoms with Crippen LogP contribution in [0, 0.1) is 5.82 Å². The van der Waals surface area contributed by atoms with E-state index < -0.39 is 35.1 Å². The zero-order valence-electron chi connectivity index (χ0n) is 19.5.